The van der Waals surface area contributed by atoms with Crippen molar-refractivity contribution in [1.82, 2.24) is 14.9 Å². The molecular formula is C14H21N5OS. The van der Waals surface area contributed by atoms with Crippen LogP contribution in [-0.4, -0.2) is 45.4 Å². The second kappa shape index (κ2) is 7.31. The SMILES string of the molecule is Cc1cc(C(N)=S)nc(NCCC(=O)N2CCCCC2)n1. The smallest absolute Gasteiger partial charge is 0.224 e. The monoisotopic (exact) mass is 307 g/mol. The maximum atomic E-state index is 12.0. The molecule has 2 rings (SSSR count). The number of thiocarbonyl (C=S) groups is 1. The number of anilines is 1. The summed E-state index contributed by atoms with van der Waals surface area (Å²) in [6, 6.07) is 1.74. The maximum absolute atomic E-state index is 12.0. The third-order valence-corrected chi connectivity index (χ3v) is 3.65. The molecular weight excluding hydrogens is 286 g/mol. The number of piperidine rings is 1. The first-order chi connectivity index (χ1) is 10.1. The van der Waals surface area contributed by atoms with Crippen LogP contribution in [0.5, 0.6) is 0 Å². The summed E-state index contributed by atoms with van der Waals surface area (Å²) in [5.74, 6) is 0.647. The van der Waals surface area contributed by atoms with Gasteiger partial charge in [0.25, 0.3) is 0 Å². The van der Waals surface area contributed by atoms with E-state index in [-0.39, 0.29) is 10.9 Å². The molecule has 0 atom stereocenters. The summed E-state index contributed by atoms with van der Waals surface area (Å²) >= 11 is 4.92. The fourth-order valence-corrected chi connectivity index (χ4v) is 2.46. The van der Waals surface area contributed by atoms with E-state index in [2.05, 4.69) is 15.3 Å². The highest BCUT2D eigenvalue weighted by atomic mass is 32.1. The van der Waals surface area contributed by atoms with Crippen LogP contribution in [0.3, 0.4) is 0 Å². The average molecular weight is 307 g/mol. The Morgan fingerprint density at radius 3 is 2.76 bits per heavy atom. The number of aryl methyl sites for hydroxylation is 1. The van der Waals surface area contributed by atoms with Gasteiger partial charge in [0, 0.05) is 31.7 Å². The molecule has 0 aromatic carbocycles. The molecule has 1 fully saturated rings. The molecule has 6 nitrogen and oxygen atoms in total. The Kier molecular flexibility index (Phi) is 5.44. The van der Waals surface area contributed by atoms with E-state index in [9.17, 15) is 4.79 Å². The molecule has 0 bridgehead atoms. The summed E-state index contributed by atoms with van der Waals surface area (Å²) in [6.07, 6.45) is 3.88. The average Bonchev–Trinajstić information content (AvgIpc) is 2.47. The lowest BCUT2D eigenvalue weighted by atomic mass is 10.1. The Labute approximate surface area is 130 Å². The highest BCUT2D eigenvalue weighted by Gasteiger charge is 2.15. The number of carbonyl (C=O) groups excluding carboxylic acids is 1. The fourth-order valence-electron chi connectivity index (χ4n) is 2.36. The molecule has 1 aromatic rings. The van der Waals surface area contributed by atoms with E-state index < -0.39 is 0 Å². The number of rotatable bonds is 5. The number of nitrogens with one attached hydrogen (secondary N) is 1. The van der Waals surface area contributed by atoms with Crippen LogP contribution in [-0.2, 0) is 4.79 Å². The summed E-state index contributed by atoms with van der Waals surface area (Å²) in [5, 5.41) is 3.07. The van der Waals surface area contributed by atoms with Crippen LogP contribution in [0.4, 0.5) is 5.95 Å². The molecule has 114 valence electrons. The van der Waals surface area contributed by atoms with Gasteiger partial charge < -0.3 is 16.0 Å². The molecule has 0 spiro atoms. The van der Waals surface area contributed by atoms with E-state index in [1.807, 2.05) is 11.8 Å². The van der Waals surface area contributed by atoms with Crippen molar-refractivity contribution in [2.75, 3.05) is 25.0 Å². The van der Waals surface area contributed by atoms with Crippen LogP contribution < -0.4 is 11.1 Å². The second-order valence-corrected chi connectivity index (χ2v) is 5.64. The lowest BCUT2D eigenvalue weighted by Gasteiger charge is -2.26. The number of likely N-dealkylation sites (tertiary alicyclic amines) is 1. The van der Waals surface area contributed by atoms with Crippen molar-refractivity contribution in [3.05, 3.63) is 17.5 Å². The Morgan fingerprint density at radius 2 is 2.10 bits per heavy atom. The molecule has 2 heterocycles. The molecule has 0 radical (unpaired) electrons. The third-order valence-electron chi connectivity index (χ3n) is 3.44. The minimum Gasteiger partial charge on any atom is -0.388 e. The molecule has 0 saturated carbocycles. The minimum absolute atomic E-state index is 0.185. The van der Waals surface area contributed by atoms with Crippen molar-refractivity contribution in [2.45, 2.75) is 32.6 Å². The van der Waals surface area contributed by atoms with Gasteiger partial charge in [0.1, 0.15) is 10.7 Å². The normalized spacial score (nSPS) is 14.8. The third kappa shape index (κ3) is 4.63. The Hall–Kier alpha value is -1.76. The Balaban J connectivity index is 1.85. The van der Waals surface area contributed by atoms with Gasteiger partial charge in [-0.05, 0) is 32.3 Å². The number of amides is 1. The Bertz CT molecular complexity index is 528. The summed E-state index contributed by atoms with van der Waals surface area (Å²) in [5.41, 5.74) is 6.91. The lowest BCUT2D eigenvalue weighted by Crippen LogP contribution is -2.36. The van der Waals surface area contributed by atoms with Crippen molar-refractivity contribution >= 4 is 29.1 Å². The van der Waals surface area contributed by atoms with Crippen LogP contribution in [0.15, 0.2) is 6.07 Å². The van der Waals surface area contributed by atoms with Crippen LogP contribution >= 0.6 is 12.2 Å². The number of carbonyl (C=O) groups is 1. The van der Waals surface area contributed by atoms with Gasteiger partial charge in [0.05, 0.1) is 0 Å². The first kappa shape index (κ1) is 15.6. The molecule has 3 N–H and O–H groups in total. The summed E-state index contributed by atoms with van der Waals surface area (Å²) in [7, 11) is 0. The Morgan fingerprint density at radius 1 is 1.38 bits per heavy atom. The van der Waals surface area contributed by atoms with Crippen LogP contribution in [0.25, 0.3) is 0 Å². The van der Waals surface area contributed by atoms with Crippen molar-refractivity contribution in [3.8, 4) is 0 Å². The molecule has 1 amide bonds. The summed E-state index contributed by atoms with van der Waals surface area (Å²) < 4.78 is 0. The van der Waals surface area contributed by atoms with Gasteiger partial charge >= 0.3 is 0 Å². The van der Waals surface area contributed by atoms with E-state index in [1.165, 1.54) is 6.42 Å². The van der Waals surface area contributed by atoms with Crippen molar-refractivity contribution < 1.29 is 4.79 Å². The van der Waals surface area contributed by atoms with Gasteiger partial charge in [-0.2, -0.15) is 0 Å². The van der Waals surface area contributed by atoms with Gasteiger partial charge in [0.2, 0.25) is 11.9 Å². The van der Waals surface area contributed by atoms with Gasteiger partial charge in [-0.1, -0.05) is 12.2 Å². The van der Waals surface area contributed by atoms with Gasteiger partial charge in [-0.25, -0.2) is 9.97 Å². The zero-order valence-corrected chi connectivity index (χ0v) is 13.1. The molecule has 1 saturated heterocycles. The van der Waals surface area contributed by atoms with Crippen molar-refractivity contribution in [3.63, 3.8) is 0 Å². The molecule has 0 unspecified atom stereocenters. The number of nitrogens with two attached hydrogens (primary N) is 1. The van der Waals surface area contributed by atoms with E-state index in [0.29, 0.717) is 24.6 Å². The maximum Gasteiger partial charge on any atom is 0.224 e. The molecule has 0 aliphatic carbocycles. The molecule has 21 heavy (non-hydrogen) atoms. The first-order valence-electron chi connectivity index (χ1n) is 7.23. The number of nitrogens with zero attached hydrogens (tertiary/aromatic N) is 3. The number of hydrogen-bond donors (Lipinski definition) is 2. The standard InChI is InChI=1S/C14H21N5OS/c1-10-9-11(13(15)21)18-14(17-10)16-6-5-12(20)19-7-3-2-4-8-19/h9H,2-8H2,1H3,(H2,15,21)(H,16,17,18). The van der Waals surface area contributed by atoms with E-state index in [0.717, 1.165) is 31.6 Å². The van der Waals surface area contributed by atoms with Gasteiger partial charge in [0.15, 0.2) is 0 Å². The fraction of sp³-hybridized carbons (Fsp3) is 0.571. The van der Waals surface area contributed by atoms with Crippen LogP contribution in [0.1, 0.15) is 37.1 Å². The zero-order chi connectivity index (χ0) is 15.2. The van der Waals surface area contributed by atoms with Gasteiger partial charge in [-0.3, -0.25) is 4.79 Å². The molecule has 1 aliphatic heterocycles. The van der Waals surface area contributed by atoms with Gasteiger partial charge in [-0.15, -0.1) is 0 Å². The highest BCUT2D eigenvalue weighted by Crippen LogP contribution is 2.10. The summed E-state index contributed by atoms with van der Waals surface area (Å²) in [6.45, 7) is 4.12. The topological polar surface area (TPSA) is 84.1 Å². The lowest BCUT2D eigenvalue weighted by molar-refractivity contribution is -0.131. The molecule has 1 aromatic heterocycles. The van der Waals surface area contributed by atoms with E-state index >= 15 is 0 Å². The highest BCUT2D eigenvalue weighted by molar-refractivity contribution is 7.80. The largest absolute Gasteiger partial charge is 0.388 e. The molecule has 7 heteroatoms. The zero-order valence-electron chi connectivity index (χ0n) is 12.3. The van der Waals surface area contributed by atoms with Crippen molar-refractivity contribution in [2.24, 2.45) is 5.73 Å². The van der Waals surface area contributed by atoms with Crippen LogP contribution in [0.2, 0.25) is 0 Å². The summed E-state index contributed by atoms with van der Waals surface area (Å²) in [4.78, 5) is 22.7. The van der Waals surface area contributed by atoms with Crippen molar-refractivity contribution in [1.29, 1.82) is 0 Å². The number of hydrogen-bond acceptors (Lipinski definition) is 5. The molecule has 1 aliphatic rings. The van der Waals surface area contributed by atoms with E-state index in [1.54, 1.807) is 6.07 Å². The quantitative estimate of drug-likeness (QED) is 0.796. The predicted molar refractivity (Wildman–Crippen MR) is 86.2 cm³/mol. The minimum atomic E-state index is 0.185. The second-order valence-electron chi connectivity index (χ2n) is 5.20. The van der Waals surface area contributed by atoms with E-state index in [4.69, 9.17) is 18.0 Å². The predicted octanol–water partition coefficient (Wildman–Crippen LogP) is 1.23. The van der Waals surface area contributed by atoms with Crippen LogP contribution in [0, 0.1) is 6.92 Å². The first-order valence-corrected chi connectivity index (χ1v) is 7.64. The number of aromatic nitrogens is 2.